The van der Waals surface area contributed by atoms with Crippen LogP contribution in [0, 0.1) is 0 Å². The van der Waals surface area contributed by atoms with Crippen molar-refractivity contribution in [2.45, 2.75) is 48.2 Å². The van der Waals surface area contributed by atoms with Crippen molar-refractivity contribution >= 4 is 15.5 Å². The van der Waals surface area contributed by atoms with E-state index in [1.165, 1.54) is 0 Å². The van der Waals surface area contributed by atoms with Gasteiger partial charge in [0.05, 0.1) is 16.1 Å². The zero-order chi connectivity index (χ0) is 14.7. The summed E-state index contributed by atoms with van der Waals surface area (Å²) < 4.78 is 26.6. The van der Waals surface area contributed by atoms with Gasteiger partial charge in [-0.3, -0.25) is 0 Å². The first kappa shape index (κ1) is 13.3. The number of pyridine rings is 1. The summed E-state index contributed by atoms with van der Waals surface area (Å²) in [5.41, 5.74) is 0.516. The van der Waals surface area contributed by atoms with Crippen LogP contribution in [0.15, 0.2) is 30.7 Å². The highest BCUT2D eigenvalue weighted by atomic mass is 32.2. The van der Waals surface area contributed by atoms with Gasteiger partial charge in [0.1, 0.15) is 5.65 Å². The Morgan fingerprint density at radius 1 is 1.24 bits per heavy atom. The number of rotatable bonds is 1. The highest BCUT2D eigenvalue weighted by Crippen LogP contribution is 2.46. The van der Waals surface area contributed by atoms with Crippen LogP contribution in [0.1, 0.15) is 37.7 Å². The van der Waals surface area contributed by atoms with Gasteiger partial charge in [0, 0.05) is 18.6 Å². The van der Waals surface area contributed by atoms with E-state index in [-0.39, 0.29) is 0 Å². The summed E-state index contributed by atoms with van der Waals surface area (Å²) in [7, 11) is -3.06. The molecule has 4 heterocycles. The largest absolute Gasteiger partial charge is 0.385 e. The number of hydrogen-bond acceptors (Lipinski definition) is 4. The Morgan fingerprint density at radius 2 is 1.95 bits per heavy atom. The number of aliphatic hydroxyl groups is 1. The van der Waals surface area contributed by atoms with Gasteiger partial charge in [0.15, 0.2) is 9.84 Å². The van der Waals surface area contributed by atoms with Crippen LogP contribution in [-0.4, -0.2) is 33.4 Å². The average Bonchev–Trinajstić information content (AvgIpc) is 2.88. The maximum Gasteiger partial charge on any atom is 0.156 e. The van der Waals surface area contributed by atoms with Crippen molar-refractivity contribution in [2.24, 2.45) is 0 Å². The summed E-state index contributed by atoms with van der Waals surface area (Å²) >= 11 is 0. The van der Waals surface area contributed by atoms with Crippen molar-refractivity contribution in [3.05, 3.63) is 36.3 Å². The summed E-state index contributed by atoms with van der Waals surface area (Å²) in [5.74, 6) is 0. The van der Waals surface area contributed by atoms with Crippen molar-refractivity contribution in [3.8, 4) is 0 Å². The van der Waals surface area contributed by atoms with Crippen molar-refractivity contribution in [1.82, 2.24) is 9.38 Å². The van der Waals surface area contributed by atoms with Gasteiger partial charge >= 0.3 is 0 Å². The van der Waals surface area contributed by atoms with E-state index in [0.717, 1.165) is 17.6 Å². The van der Waals surface area contributed by atoms with Gasteiger partial charge in [0.25, 0.3) is 0 Å². The average molecular weight is 306 g/mol. The molecule has 0 amide bonds. The summed E-state index contributed by atoms with van der Waals surface area (Å²) in [4.78, 5) is 4.24. The maximum absolute atomic E-state index is 12.4. The molecule has 2 aliphatic heterocycles. The second kappa shape index (κ2) is 4.30. The summed E-state index contributed by atoms with van der Waals surface area (Å²) in [6, 6.07) is 3.75. The first-order chi connectivity index (χ1) is 9.99. The van der Waals surface area contributed by atoms with Crippen LogP contribution in [0.3, 0.4) is 0 Å². The highest BCUT2D eigenvalue weighted by molar-refractivity contribution is 7.92. The molecule has 2 atom stereocenters. The fourth-order valence-electron chi connectivity index (χ4n) is 3.88. The standard InChI is InChI=1S/C15H18N2O3S/c18-15(11-4-6-17-7-5-16-14(17)8-11)9-12-2-1-3-13(10-15)21(12,19)20/h4-8,12-13,18H,1-3,9-10H2. The van der Waals surface area contributed by atoms with Gasteiger partial charge in [-0.2, -0.15) is 0 Å². The molecule has 2 aliphatic rings. The lowest BCUT2D eigenvalue weighted by molar-refractivity contribution is 0.00502. The van der Waals surface area contributed by atoms with Crippen LogP contribution < -0.4 is 0 Å². The zero-order valence-electron chi connectivity index (χ0n) is 11.6. The SMILES string of the molecule is O=S1(=O)C2CCCC1CC(O)(c1ccn3ccnc3c1)C2. The molecule has 2 aromatic heterocycles. The van der Waals surface area contributed by atoms with Crippen molar-refractivity contribution < 1.29 is 13.5 Å². The van der Waals surface area contributed by atoms with E-state index in [0.29, 0.717) is 25.7 Å². The van der Waals surface area contributed by atoms with Crippen LogP contribution in [0.5, 0.6) is 0 Å². The molecule has 2 aromatic rings. The van der Waals surface area contributed by atoms with Gasteiger partial charge in [0.2, 0.25) is 0 Å². The third-order valence-electron chi connectivity index (χ3n) is 5.05. The quantitative estimate of drug-likeness (QED) is 0.869. The first-order valence-electron chi connectivity index (χ1n) is 7.37. The minimum atomic E-state index is -3.06. The molecule has 21 heavy (non-hydrogen) atoms. The van der Waals surface area contributed by atoms with Crippen LogP contribution in [-0.2, 0) is 15.4 Å². The van der Waals surface area contributed by atoms with Gasteiger partial charge in [-0.15, -0.1) is 0 Å². The highest BCUT2D eigenvalue weighted by Gasteiger charge is 2.50. The summed E-state index contributed by atoms with van der Waals surface area (Å²) in [6.07, 6.45) is 8.34. The van der Waals surface area contributed by atoms with Crippen LogP contribution in [0.25, 0.3) is 5.65 Å². The fourth-order valence-corrected chi connectivity index (χ4v) is 6.43. The van der Waals surface area contributed by atoms with Crippen LogP contribution in [0.4, 0.5) is 0 Å². The lowest BCUT2D eigenvalue weighted by atomic mass is 9.81. The normalized spacial score (nSPS) is 34.9. The fraction of sp³-hybridized carbons (Fsp3) is 0.533. The predicted molar refractivity (Wildman–Crippen MR) is 78.7 cm³/mol. The monoisotopic (exact) mass is 306 g/mol. The molecule has 1 N–H and O–H groups in total. The Labute approximate surface area is 123 Å². The number of sulfone groups is 1. The lowest BCUT2D eigenvalue weighted by Crippen LogP contribution is -2.50. The van der Waals surface area contributed by atoms with Crippen molar-refractivity contribution in [1.29, 1.82) is 0 Å². The molecular weight excluding hydrogens is 288 g/mol. The van der Waals surface area contributed by atoms with E-state index in [2.05, 4.69) is 4.98 Å². The Bertz CT molecular complexity index is 776. The first-order valence-corrected chi connectivity index (χ1v) is 8.98. The maximum atomic E-state index is 12.4. The predicted octanol–water partition coefficient (Wildman–Crippen LogP) is 1.65. The molecule has 2 fully saturated rings. The van der Waals surface area contributed by atoms with Gasteiger partial charge < -0.3 is 9.51 Å². The van der Waals surface area contributed by atoms with E-state index in [9.17, 15) is 13.5 Å². The molecule has 2 saturated heterocycles. The number of fused-ring (bicyclic) bond motifs is 3. The molecule has 0 saturated carbocycles. The molecule has 2 unspecified atom stereocenters. The summed E-state index contributed by atoms with van der Waals surface area (Å²) in [6.45, 7) is 0. The lowest BCUT2D eigenvalue weighted by Gasteiger charge is -2.44. The second-order valence-electron chi connectivity index (χ2n) is 6.31. The van der Waals surface area contributed by atoms with Gasteiger partial charge in [-0.1, -0.05) is 6.42 Å². The Hall–Kier alpha value is -1.40. The Morgan fingerprint density at radius 3 is 2.67 bits per heavy atom. The van der Waals surface area contributed by atoms with E-state index < -0.39 is 25.9 Å². The van der Waals surface area contributed by atoms with Crippen molar-refractivity contribution in [2.75, 3.05) is 0 Å². The summed E-state index contributed by atoms with van der Waals surface area (Å²) in [5, 5.41) is 10.3. The molecule has 0 radical (unpaired) electrons. The smallest absolute Gasteiger partial charge is 0.156 e. The van der Waals surface area contributed by atoms with Gasteiger partial charge in [-0.25, -0.2) is 13.4 Å². The molecule has 2 bridgehead atoms. The van der Waals surface area contributed by atoms with E-state index in [4.69, 9.17) is 0 Å². The van der Waals surface area contributed by atoms with E-state index in [1.54, 1.807) is 6.20 Å². The van der Waals surface area contributed by atoms with Gasteiger partial charge in [-0.05, 0) is 43.4 Å². The molecule has 0 aliphatic carbocycles. The number of nitrogens with zero attached hydrogens (tertiary/aromatic N) is 2. The van der Waals surface area contributed by atoms with E-state index in [1.807, 2.05) is 28.9 Å². The molecule has 112 valence electrons. The van der Waals surface area contributed by atoms with Crippen LogP contribution >= 0.6 is 0 Å². The molecule has 0 aromatic carbocycles. The molecular formula is C15H18N2O3S. The number of imidazole rings is 1. The molecule has 5 nitrogen and oxygen atoms in total. The minimum Gasteiger partial charge on any atom is -0.385 e. The topological polar surface area (TPSA) is 71.7 Å². The minimum absolute atomic E-state index is 0.308. The third kappa shape index (κ3) is 1.92. The third-order valence-corrected chi connectivity index (χ3v) is 7.71. The molecule has 6 heteroatoms. The Kier molecular flexibility index (Phi) is 2.72. The van der Waals surface area contributed by atoms with E-state index >= 15 is 0 Å². The molecule has 0 spiro atoms. The van der Waals surface area contributed by atoms with Crippen molar-refractivity contribution in [3.63, 3.8) is 0 Å². The zero-order valence-corrected chi connectivity index (χ0v) is 12.5. The second-order valence-corrected chi connectivity index (χ2v) is 8.82. The number of aromatic nitrogens is 2. The molecule has 4 rings (SSSR count). The van der Waals surface area contributed by atoms with Crippen LogP contribution in [0.2, 0.25) is 0 Å². The number of hydrogen-bond donors (Lipinski definition) is 1. The Balaban J connectivity index is 1.77.